The molecule has 104 valence electrons. The number of aromatic nitrogens is 1. The quantitative estimate of drug-likeness (QED) is 0.591. The van der Waals surface area contributed by atoms with Crippen molar-refractivity contribution in [1.82, 2.24) is 4.98 Å². The average Bonchev–Trinajstić information content (AvgIpc) is 3.17. The molecule has 0 spiro atoms. The summed E-state index contributed by atoms with van der Waals surface area (Å²) in [6, 6.07) is 2.94. The van der Waals surface area contributed by atoms with Crippen LogP contribution >= 0.6 is 11.8 Å². The summed E-state index contributed by atoms with van der Waals surface area (Å²) in [6.45, 7) is 3.41. The molecule has 1 aromatic rings. The van der Waals surface area contributed by atoms with E-state index < -0.39 is 4.92 Å². The molecule has 0 bridgehead atoms. The second-order valence-electron chi connectivity index (χ2n) is 4.62. The third kappa shape index (κ3) is 3.50. The predicted octanol–water partition coefficient (Wildman–Crippen LogP) is 2.73. The normalized spacial score (nSPS) is 15.9. The van der Waals surface area contributed by atoms with Crippen molar-refractivity contribution < 1.29 is 4.92 Å². The first-order valence-corrected chi connectivity index (χ1v) is 7.50. The van der Waals surface area contributed by atoms with Crippen molar-refractivity contribution in [3.05, 3.63) is 22.2 Å². The monoisotopic (exact) mass is 282 g/mol. The van der Waals surface area contributed by atoms with Gasteiger partial charge in [-0.05, 0) is 26.0 Å². The Labute approximate surface area is 116 Å². The fourth-order valence-corrected chi connectivity index (χ4v) is 2.55. The number of anilines is 2. The molecule has 1 fully saturated rings. The van der Waals surface area contributed by atoms with Gasteiger partial charge >= 0.3 is 0 Å². The Bertz CT molecular complexity index is 477. The van der Waals surface area contributed by atoms with Crippen LogP contribution in [-0.2, 0) is 0 Å². The van der Waals surface area contributed by atoms with Gasteiger partial charge in [-0.15, -0.1) is 0 Å². The third-order valence-corrected chi connectivity index (χ3v) is 4.63. The number of hydrogen-bond acceptors (Lipinski definition) is 6. The summed E-state index contributed by atoms with van der Waals surface area (Å²) in [5.41, 5.74) is 0.0578. The van der Waals surface area contributed by atoms with Gasteiger partial charge in [0.15, 0.2) is 0 Å². The molecule has 0 radical (unpaired) electrons. The molecule has 0 atom stereocenters. The van der Waals surface area contributed by atoms with Crippen molar-refractivity contribution in [2.75, 3.05) is 30.0 Å². The molecular weight excluding hydrogens is 264 g/mol. The van der Waals surface area contributed by atoms with Crippen LogP contribution in [0.25, 0.3) is 0 Å². The van der Waals surface area contributed by atoms with Crippen LogP contribution in [0.1, 0.15) is 19.8 Å². The lowest BCUT2D eigenvalue weighted by Crippen LogP contribution is -2.18. The molecule has 2 rings (SSSR count). The largest absolute Gasteiger partial charge is 0.370 e. The van der Waals surface area contributed by atoms with Gasteiger partial charge in [0.1, 0.15) is 11.6 Å². The third-order valence-electron chi connectivity index (χ3n) is 3.21. The Kier molecular flexibility index (Phi) is 4.14. The number of nitrogens with zero attached hydrogens (tertiary/aromatic N) is 2. The minimum atomic E-state index is -0.394. The lowest BCUT2D eigenvalue weighted by atomic mass is 10.3. The molecule has 1 aromatic heterocycles. The van der Waals surface area contributed by atoms with E-state index in [2.05, 4.69) is 21.9 Å². The van der Waals surface area contributed by atoms with E-state index in [0.717, 1.165) is 6.54 Å². The van der Waals surface area contributed by atoms with E-state index in [-0.39, 0.29) is 5.69 Å². The topological polar surface area (TPSA) is 80.1 Å². The average molecular weight is 282 g/mol. The lowest BCUT2D eigenvalue weighted by molar-refractivity contribution is -0.384. The maximum Gasteiger partial charge on any atom is 0.276 e. The fourth-order valence-electron chi connectivity index (χ4n) is 1.83. The molecule has 19 heavy (non-hydrogen) atoms. The minimum Gasteiger partial charge on any atom is -0.370 e. The molecule has 1 heterocycles. The van der Waals surface area contributed by atoms with E-state index in [1.807, 2.05) is 18.7 Å². The van der Waals surface area contributed by atoms with Gasteiger partial charge in [0, 0.05) is 17.8 Å². The standard InChI is InChI=1S/C12H18N4O2S/c1-3-13-10-6-9(16(17)18)7-11(15-10)14-8-12(19-2)4-5-12/h6-7H,3-5,8H2,1-2H3,(H2,13,14,15). The van der Waals surface area contributed by atoms with Crippen molar-refractivity contribution >= 4 is 29.1 Å². The maximum atomic E-state index is 10.9. The van der Waals surface area contributed by atoms with Gasteiger partial charge in [-0.25, -0.2) is 4.98 Å². The number of thioether (sulfide) groups is 1. The van der Waals surface area contributed by atoms with Gasteiger partial charge in [0.25, 0.3) is 5.69 Å². The summed E-state index contributed by atoms with van der Waals surface area (Å²) in [5.74, 6) is 1.10. The van der Waals surface area contributed by atoms with Crippen LogP contribution in [0.3, 0.4) is 0 Å². The van der Waals surface area contributed by atoms with E-state index >= 15 is 0 Å². The van der Waals surface area contributed by atoms with Crippen LogP contribution in [0.15, 0.2) is 12.1 Å². The Hall–Kier alpha value is -1.50. The fraction of sp³-hybridized carbons (Fsp3) is 0.583. The summed E-state index contributed by atoms with van der Waals surface area (Å²) in [4.78, 5) is 14.8. The molecule has 0 amide bonds. The van der Waals surface area contributed by atoms with Crippen LogP contribution in [0.4, 0.5) is 17.3 Å². The van der Waals surface area contributed by atoms with Crippen LogP contribution in [0.2, 0.25) is 0 Å². The highest BCUT2D eigenvalue weighted by Gasteiger charge is 2.41. The number of nitrogens with one attached hydrogen (secondary N) is 2. The minimum absolute atomic E-state index is 0.0578. The van der Waals surface area contributed by atoms with Gasteiger partial charge in [-0.2, -0.15) is 11.8 Å². The van der Waals surface area contributed by atoms with Crippen molar-refractivity contribution in [1.29, 1.82) is 0 Å². The first-order chi connectivity index (χ1) is 9.08. The van der Waals surface area contributed by atoms with E-state index in [4.69, 9.17) is 0 Å². The molecule has 6 nitrogen and oxygen atoms in total. The van der Waals surface area contributed by atoms with E-state index in [1.54, 1.807) is 0 Å². The second-order valence-corrected chi connectivity index (χ2v) is 5.90. The Morgan fingerprint density at radius 1 is 1.42 bits per heavy atom. The summed E-state index contributed by atoms with van der Waals surface area (Å²) in [7, 11) is 0. The molecule has 2 N–H and O–H groups in total. The second kappa shape index (κ2) is 5.64. The Balaban J connectivity index is 2.11. The van der Waals surface area contributed by atoms with Crippen molar-refractivity contribution in [3.8, 4) is 0 Å². The smallest absolute Gasteiger partial charge is 0.276 e. The van der Waals surface area contributed by atoms with Crippen LogP contribution in [0.5, 0.6) is 0 Å². The number of nitro groups is 1. The van der Waals surface area contributed by atoms with E-state index in [0.29, 0.717) is 22.9 Å². The zero-order valence-corrected chi connectivity index (χ0v) is 11.9. The van der Waals surface area contributed by atoms with Crippen LogP contribution in [0, 0.1) is 10.1 Å². The summed E-state index contributed by atoms with van der Waals surface area (Å²) >= 11 is 1.84. The van der Waals surface area contributed by atoms with E-state index in [1.165, 1.54) is 25.0 Å². The van der Waals surface area contributed by atoms with Gasteiger partial charge in [0.2, 0.25) is 0 Å². The summed E-state index contributed by atoms with van der Waals surface area (Å²) < 4.78 is 0.296. The molecular formula is C12H18N4O2S. The van der Waals surface area contributed by atoms with Gasteiger partial charge in [0.05, 0.1) is 17.1 Å². The number of hydrogen-bond donors (Lipinski definition) is 2. The van der Waals surface area contributed by atoms with Crippen molar-refractivity contribution in [3.63, 3.8) is 0 Å². The molecule has 0 aromatic carbocycles. The first kappa shape index (κ1) is 13.9. The predicted molar refractivity (Wildman–Crippen MR) is 79.0 cm³/mol. The number of rotatable bonds is 7. The number of pyridine rings is 1. The summed E-state index contributed by atoms with van der Waals surface area (Å²) in [5, 5.41) is 17.1. The zero-order chi connectivity index (χ0) is 13.9. The van der Waals surface area contributed by atoms with E-state index in [9.17, 15) is 10.1 Å². The van der Waals surface area contributed by atoms with Gasteiger partial charge in [-0.3, -0.25) is 10.1 Å². The van der Waals surface area contributed by atoms with Crippen LogP contribution in [-0.4, -0.2) is 34.0 Å². The van der Waals surface area contributed by atoms with Crippen molar-refractivity contribution in [2.45, 2.75) is 24.5 Å². The first-order valence-electron chi connectivity index (χ1n) is 6.28. The molecule has 0 saturated heterocycles. The lowest BCUT2D eigenvalue weighted by Gasteiger charge is -2.14. The SMILES string of the molecule is CCNc1cc([N+](=O)[O-])cc(NCC2(SC)CC2)n1. The van der Waals surface area contributed by atoms with Gasteiger partial charge < -0.3 is 10.6 Å². The molecule has 1 saturated carbocycles. The highest BCUT2D eigenvalue weighted by molar-refractivity contribution is 8.00. The molecule has 1 aliphatic carbocycles. The summed E-state index contributed by atoms with van der Waals surface area (Å²) in [6.07, 6.45) is 4.48. The molecule has 1 aliphatic rings. The van der Waals surface area contributed by atoms with Crippen molar-refractivity contribution in [2.24, 2.45) is 0 Å². The Morgan fingerprint density at radius 3 is 2.53 bits per heavy atom. The molecule has 0 aliphatic heterocycles. The highest BCUT2D eigenvalue weighted by atomic mass is 32.2. The maximum absolute atomic E-state index is 10.9. The Morgan fingerprint density at radius 2 is 2.05 bits per heavy atom. The molecule has 0 unspecified atom stereocenters. The van der Waals surface area contributed by atoms with Gasteiger partial charge in [-0.1, -0.05) is 0 Å². The molecule has 7 heteroatoms. The highest BCUT2D eigenvalue weighted by Crippen LogP contribution is 2.47. The van der Waals surface area contributed by atoms with Crippen LogP contribution < -0.4 is 10.6 Å². The zero-order valence-electron chi connectivity index (χ0n) is 11.1.